The first kappa shape index (κ1) is 12.9. The third-order valence-corrected chi connectivity index (χ3v) is 3.77. The van der Waals surface area contributed by atoms with Crippen LogP contribution in [0.5, 0.6) is 11.5 Å². The summed E-state index contributed by atoms with van der Waals surface area (Å²) in [4.78, 5) is 4.48. The van der Waals surface area contributed by atoms with E-state index in [9.17, 15) is 10.2 Å². The number of aromatic nitrogens is 4. The Balaban J connectivity index is 2.07. The van der Waals surface area contributed by atoms with Crippen LogP contribution in [0.3, 0.4) is 0 Å². The molecule has 1 aromatic carbocycles. The van der Waals surface area contributed by atoms with Crippen molar-refractivity contribution >= 4 is 18.3 Å². The number of hydrogen-bond acceptors (Lipinski definition) is 7. The number of aliphatic imine (C=N–C) groups is 1. The number of phenolic OH excluding ortho intramolecular Hbond substituents is 2. The van der Waals surface area contributed by atoms with Crippen LogP contribution in [0.15, 0.2) is 17.1 Å². The molecule has 0 bridgehead atoms. The molecule has 1 aliphatic heterocycles. The molecular formula is C12H13N5O2S. The molecule has 8 heteroatoms. The summed E-state index contributed by atoms with van der Waals surface area (Å²) in [7, 11) is 1.73. The molecule has 0 radical (unpaired) electrons. The van der Waals surface area contributed by atoms with Crippen molar-refractivity contribution in [2.75, 3.05) is 6.54 Å². The van der Waals surface area contributed by atoms with Gasteiger partial charge in [0.25, 0.3) is 0 Å². The highest BCUT2D eigenvalue weighted by Crippen LogP contribution is 2.34. The molecule has 1 atom stereocenters. The second-order valence-electron chi connectivity index (χ2n) is 4.58. The molecule has 20 heavy (non-hydrogen) atoms. The lowest BCUT2D eigenvalue weighted by molar-refractivity contribution is 0.403. The normalized spacial score (nSPS) is 15.6. The van der Waals surface area contributed by atoms with E-state index in [4.69, 9.17) is 0 Å². The second kappa shape index (κ2) is 4.78. The number of hydrogen-bond donors (Lipinski definition) is 3. The zero-order valence-corrected chi connectivity index (χ0v) is 11.6. The molecule has 0 fully saturated rings. The zero-order chi connectivity index (χ0) is 14.3. The predicted molar refractivity (Wildman–Crippen MR) is 75.4 cm³/mol. The molecule has 2 heterocycles. The number of thiol groups is 1. The van der Waals surface area contributed by atoms with Crippen LogP contribution in [-0.4, -0.2) is 42.7 Å². The summed E-state index contributed by atoms with van der Waals surface area (Å²) in [6.45, 7) is 0.606. The van der Waals surface area contributed by atoms with Crippen molar-refractivity contribution in [1.82, 2.24) is 20.2 Å². The number of fused-ring (bicyclic) bond motifs is 1. The minimum Gasteiger partial charge on any atom is -0.504 e. The highest BCUT2D eigenvalue weighted by Gasteiger charge is 2.26. The average molecular weight is 291 g/mol. The lowest BCUT2D eigenvalue weighted by atomic mass is 9.94. The van der Waals surface area contributed by atoms with E-state index in [1.807, 2.05) is 0 Å². The molecule has 2 aromatic rings. The Morgan fingerprint density at radius 1 is 1.30 bits per heavy atom. The van der Waals surface area contributed by atoms with Crippen LogP contribution in [0.4, 0.5) is 0 Å². The smallest absolute Gasteiger partial charge is 0.169 e. The van der Waals surface area contributed by atoms with Gasteiger partial charge < -0.3 is 10.2 Å². The average Bonchev–Trinajstić information content (AvgIpc) is 2.85. The second-order valence-corrected chi connectivity index (χ2v) is 5.09. The maximum atomic E-state index is 9.68. The maximum absolute atomic E-state index is 9.68. The van der Waals surface area contributed by atoms with Crippen LogP contribution in [-0.2, 0) is 13.5 Å². The molecular weight excluding hydrogens is 278 g/mol. The van der Waals surface area contributed by atoms with E-state index in [0.717, 1.165) is 11.1 Å². The SMILES string of the molecule is Cn1nnnc1C(S)C1=NCCc2cc(O)c(O)cc21. The Morgan fingerprint density at radius 2 is 2.05 bits per heavy atom. The lowest BCUT2D eigenvalue weighted by Crippen LogP contribution is -2.20. The van der Waals surface area contributed by atoms with Crippen LogP contribution in [0.1, 0.15) is 22.2 Å². The van der Waals surface area contributed by atoms with Crippen LogP contribution >= 0.6 is 12.6 Å². The summed E-state index contributed by atoms with van der Waals surface area (Å²) >= 11 is 4.54. The fraction of sp³-hybridized carbons (Fsp3) is 0.333. The summed E-state index contributed by atoms with van der Waals surface area (Å²) in [6, 6.07) is 3.07. The molecule has 104 valence electrons. The van der Waals surface area contributed by atoms with E-state index in [2.05, 4.69) is 33.1 Å². The predicted octanol–water partition coefficient (Wildman–Crippen LogP) is 0.638. The van der Waals surface area contributed by atoms with Gasteiger partial charge in [-0.15, -0.1) is 5.10 Å². The number of aromatic hydroxyl groups is 2. The van der Waals surface area contributed by atoms with E-state index in [-0.39, 0.29) is 11.5 Å². The number of aryl methyl sites for hydroxylation is 1. The first-order valence-corrected chi connectivity index (χ1v) is 6.59. The number of nitrogens with zero attached hydrogens (tertiary/aromatic N) is 5. The van der Waals surface area contributed by atoms with Gasteiger partial charge in [-0.05, 0) is 34.5 Å². The van der Waals surface area contributed by atoms with E-state index >= 15 is 0 Å². The molecule has 2 N–H and O–H groups in total. The van der Waals surface area contributed by atoms with E-state index in [0.29, 0.717) is 24.5 Å². The first-order chi connectivity index (χ1) is 9.58. The number of benzene rings is 1. The van der Waals surface area contributed by atoms with Crippen molar-refractivity contribution in [2.24, 2.45) is 12.0 Å². The van der Waals surface area contributed by atoms with E-state index < -0.39 is 5.25 Å². The van der Waals surface area contributed by atoms with Gasteiger partial charge in [-0.3, -0.25) is 4.99 Å². The molecule has 7 nitrogen and oxygen atoms in total. The number of rotatable bonds is 2. The van der Waals surface area contributed by atoms with Crippen LogP contribution < -0.4 is 0 Å². The van der Waals surface area contributed by atoms with Gasteiger partial charge in [0, 0.05) is 19.2 Å². The Morgan fingerprint density at radius 3 is 2.75 bits per heavy atom. The molecule has 0 saturated heterocycles. The summed E-state index contributed by atoms with van der Waals surface area (Å²) in [6.07, 6.45) is 0.713. The highest BCUT2D eigenvalue weighted by atomic mass is 32.1. The summed E-state index contributed by atoms with van der Waals surface area (Å²) in [5, 5.41) is 30.2. The Kier molecular flexibility index (Phi) is 3.09. The number of tetrazole rings is 1. The molecule has 3 rings (SSSR count). The summed E-state index contributed by atoms with van der Waals surface area (Å²) in [5.74, 6) is 0.281. The summed E-state index contributed by atoms with van der Waals surface area (Å²) < 4.78 is 1.54. The minimum absolute atomic E-state index is 0.124. The van der Waals surface area contributed by atoms with Gasteiger partial charge in [-0.25, -0.2) is 4.68 Å². The molecule has 0 aliphatic carbocycles. The molecule has 1 aromatic heterocycles. The van der Waals surface area contributed by atoms with Crippen molar-refractivity contribution < 1.29 is 10.2 Å². The van der Waals surface area contributed by atoms with Gasteiger partial charge in [0.2, 0.25) is 0 Å². The Labute approximate surface area is 120 Å². The van der Waals surface area contributed by atoms with Crippen molar-refractivity contribution in [3.63, 3.8) is 0 Å². The van der Waals surface area contributed by atoms with Crippen LogP contribution in [0.2, 0.25) is 0 Å². The Bertz CT molecular complexity index is 697. The van der Waals surface area contributed by atoms with Gasteiger partial charge >= 0.3 is 0 Å². The molecule has 1 unspecified atom stereocenters. The third kappa shape index (κ3) is 2.01. The van der Waals surface area contributed by atoms with Gasteiger partial charge in [0.1, 0.15) is 5.25 Å². The molecule has 0 saturated carbocycles. The third-order valence-electron chi connectivity index (χ3n) is 3.30. The number of phenols is 2. The van der Waals surface area contributed by atoms with Gasteiger partial charge in [-0.2, -0.15) is 12.6 Å². The monoisotopic (exact) mass is 291 g/mol. The quantitative estimate of drug-likeness (QED) is 0.557. The highest BCUT2D eigenvalue weighted by molar-refractivity contribution is 7.81. The van der Waals surface area contributed by atoms with Crippen LogP contribution in [0.25, 0.3) is 0 Å². The maximum Gasteiger partial charge on any atom is 0.169 e. The topological polar surface area (TPSA) is 96.4 Å². The summed E-state index contributed by atoms with van der Waals surface area (Å²) in [5.41, 5.74) is 2.40. The first-order valence-electron chi connectivity index (χ1n) is 6.08. The van der Waals surface area contributed by atoms with Gasteiger partial charge in [0.05, 0.1) is 5.71 Å². The fourth-order valence-corrected chi connectivity index (χ4v) is 2.71. The Hall–Kier alpha value is -2.09. The van der Waals surface area contributed by atoms with Crippen molar-refractivity contribution in [2.45, 2.75) is 11.7 Å². The minimum atomic E-state index is -0.391. The van der Waals surface area contributed by atoms with Crippen LogP contribution in [0, 0.1) is 0 Å². The standard InChI is InChI=1S/C12H13N5O2S/c1-17-12(14-15-16-17)11(20)10-7-5-9(19)8(18)4-6(7)2-3-13-10/h4-5,11,18-20H,2-3H2,1H3. The van der Waals surface area contributed by atoms with Gasteiger partial charge in [-0.1, -0.05) is 0 Å². The molecule has 0 spiro atoms. The van der Waals surface area contributed by atoms with Gasteiger partial charge in [0.15, 0.2) is 17.3 Å². The van der Waals surface area contributed by atoms with Crippen molar-refractivity contribution in [3.8, 4) is 11.5 Å². The zero-order valence-electron chi connectivity index (χ0n) is 10.7. The van der Waals surface area contributed by atoms with E-state index in [1.165, 1.54) is 10.7 Å². The largest absolute Gasteiger partial charge is 0.504 e. The molecule has 1 aliphatic rings. The van der Waals surface area contributed by atoms with Crippen molar-refractivity contribution in [1.29, 1.82) is 0 Å². The van der Waals surface area contributed by atoms with E-state index in [1.54, 1.807) is 13.1 Å². The fourth-order valence-electron chi connectivity index (χ4n) is 2.27. The molecule has 0 amide bonds. The lowest BCUT2D eigenvalue weighted by Gasteiger charge is -2.21. The van der Waals surface area contributed by atoms with Crippen molar-refractivity contribution in [3.05, 3.63) is 29.1 Å².